The summed E-state index contributed by atoms with van der Waals surface area (Å²) in [5.41, 5.74) is 4.74. The summed E-state index contributed by atoms with van der Waals surface area (Å²) < 4.78 is 2.14. The summed E-state index contributed by atoms with van der Waals surface area (Å²) in [7, 11) is 1.97. The summed E-state index contributed by atoms with van der Waals surface area (Å²) in [6.45, 7) is 4.13. The van der Waals surface area contributed by atoms with Crippen molar-refractivity contribution in [3.05, 3.63) is 66.6 Å². The molecule has 0 aliphatic heterocycles. The number of halogens is 3. The smallest absolute Gasteiger partial charge is 0.0588 e. The summed E-state index contributed by atoms with van der Waals surface area (Å²) in [5.74, 6) is 0. The average molecular weight is 418 g/mol. The van der Waals surface area contributed by atoms with Crippen LogP contribution in [0, 0.1) is 13.8 Å². The Morgan fingerprint density at radius 1 is 1.00 bits per heavy atom. The molecule has 4 heteroatoms. The second-order valence-corrected chi connectivity index (χ2v) is 7.02. The van der Waals surface area contributed by atoms with Crippen LogP contribution in [0.15, 0.2) is 39.3 Å². The number of aryl methyl sites for hydroxylation is 2. The third-order valence-electron chi connectivity index (χ3n) is 3.42. The molecule has 0 bridgehead atoms. The zero-order valence-corrected chi connectivity index (χ0v) is 15.5. The number of benzene rings is 2. The molecule has 2 aromatic carbocycles. The second kappa shape index (κ2) is 6.61. The van der Waals surface area contributed by atoms with E-state index in [9.17, 15) is 0 Å². The van der Waals surface area contributed by atoms with Gasteiger partial charge in [-0.05, 0) is 61.3 Å². The van der Waals surface area contributed by atoms with Crippen molar-refractivity contribution in [3.8, 4) is 0 Å². The first-order chi connectivity index (χ1) is 9.43. The maximum atomic E-state index is 6.20. The van der Waals surface area contributed by atoms with E-state index in [2.05, 4.69) is 68.4 Å². The predicted octanol–water partition coefficient (Wildman–Crippen LogP) is 5.79. The lowest BCUT2D eigenvalue weighted by atomic mass is 9.93. The molecule has 0 aromatic heterocycles. The molecule has 106 valence electrons. The van der Waals surface area contributed by atoms with Crippen molar-refractivity contribution in [2.45, 2.75) is 19.9 Å². The highest BCUT2D eigenvalue weighted by Gasteiger charge is 2.18. The van der Waals surface area contributed by atoms with Crippen molar-refractivity contribution < 1.29 is 0 Å². The van der Waals surface area contributed by atoms with Gasteiger partial charge in [0.1, 0.15) is 0 Å². The lowest BCUT2D eigenvalue weighted by Gasteiger charge is -2.22. The van der Waals surface area contributed by atoms with Crippen LogP contribution < -0.4 is 5.32 Å². The summed E-state index contributed by atoms with van der Waals surface area (Å²) >= 11 is 13.3. The van der Waals surface area contributed by atoms with Crippen molar-refractivity contribution >= 4 is 43.5 Å². The Kier molecular flexibility index (Phi) is 5.30. The SMILES string of the molecule is CNC(c1cc(C)c(Cl)cc1C)c1ccc(Br)cc1Br. The van der Waals surface area contributed by atoms with E-state index < -0.39 is 0 Å². The van der Waals surface area contributed by atoms with Gasteiger partial charge < -0.3 is 5.32 Å². The standard InChI is InChI=1S/C16H16Br2ClN/c1-9-7-15(19)10(2)6-13(9)16(20-3)12-5-4-11(17)8-14(12)18/h4-8,16,20H,1-3H3. The van der Waals surface area contributed by atoms with E-state index in [4.69, 9.17) is 11.6 Å². The quantitative estimate of drug-likeness (QED) is 0.666. The molecule has 1 unspecified atom stereocenters. The molecule has 1 N–H and O–H groups in total. The third-order valence-corrected chi connectivity index (χ3v) is 5.01. The first-order valence-electron chi connectivity index (χ1n) is 6.33. The van der Waals surface area contributed by atoms with Gasteiger partial charge in [0.15, 0.2) is 0 Å². The molecule has 1 atom stereocenters. The highest BCUT2D eigenvalue weighted by Crippen LogP contribution is 2.33. The Hall–Kier alpha value is -0.350. The zero-order valence-electron chi connectivity index (χ0n) is 11.6. The Labute approximate surface area is 142 Å². The van der Waals surface area contributed by atoms with Crippen LogP contribution in [-0.2, 0) is 0 Å². The molecule has 2 aromatic rings. The molecule has 0 spiro atoms. The van der Waals surface area contributed by atoms with E-state index in [1.54, 1.807) is 0 Å². The minimum Gasteiger partial charge on any atom is -0.309 e. The van der Waals surface area contributed by atoms with E-state index in [-0.39, 0.29) is 6.04 Å². The van der Waals surface area contributed by atoms with Gasteiger partial charge in [-0.1, -0.05) is 55.6 Å². The topological polar surface area (TPSA) is 12.0 Å². The molecule has 20 heavy (non-hydrogen) atoms. The molecule has 0 saturated carbocycles. The molecule has 0 aliphatic carbocycles. The van der Waals surface area contributed by atoms with Gasteiger partial charge in [0.25, 0.3) is 0 Å². The highest BCUT2D eigenvalue weighted by atomic mass is 79.9. The fraction of sp³-hybridized carbons (Fsp3) is 0.250. The Balaban J connectivity index is 2.55. The molecular formula is C16H16Br2ClN. The van der Waals surface area contributed by atoms with Crippen LogP contribution in [0.3, 0.4) is 0 Å². The molecule has 0 radical (unpaired) electrons. The molecule has 1 nitrogen and oxygen atoms in total. The lowest BCUT2D eigenvalue weighted by molar-refractivity contribution is 0.684. The first-order valence-corrected chi connectivity index (χ1v) is 8.29. The van der Waals surface area contributed by atoms with Gasteiger partial charge in [0, 0.05) is 14.0 Å². The van der Waals surface area contributed by atoms with Crippen LogP contribution in [-0.4, -0.2) is 7.05 Å². The van der Waals surface area contributed by atoms with Gasteiger partial charge in [-0.15, -0.1) is 0 Å². The van der Waals surface area contributed by atoms with Gasteiger partial charge in [-0.25, -0.2) is 0 Å². The predicted molar refractivity (Wildman–Crippen MR) is 93.7 cm³/mol. The second-order valence-electron chi connectivity index (χ2n) is 4.85. The minimum absolute atomic E-state index is 0.133. The summed E-state index contributed by atoms with van der Waals surface area (Å²) in [6.07, 6.45) is 0. The monoisotopic (exact) mass is 415 g/mol. The van der Waals surface area contributed by atoms with Gasteiger partial charge in [-0.2, -0.15) is 0 Å². The maximum absolute atomic E-state index is 6.20. The van der Waals surface area contributed by atoms with Crippen LogP contribution in [0.2, 0.25) is 5.02 Å². The molecule has 0 fully saturated rings. The zero-order chi connectivity index (χ0) is 14.9. The lowest BCUT2D eigenvalue weighted by Crippen LogP contribution is -2.19. The molecule has 2 rings (SSSR count). The van der Waals surface area contributed by atoms with Crippen LogP contribution in [0.1, 0.15) is 28.3 Å². The molecule has 0 amide bonds. The van der Waals surface area contributed by atoms with Crippen LogP contribution >= 0.6 is 43.5 Å². The van der Waals surface area contributed by atoms with Crippen molar-refractivity contribution in [2.75, 3.05) is 7.05 Å². The van der Waals surface area contributed by atoms with E-state index in [1.807, 2.05) is 20.0 Å². The highest BCUT2D eigenvalue weighted by molar-refractivity contribution is 9.11. The molecular weight excluding hydrogens is 401 g/mol. The summed E-state index contributed by atoms with van der Waals surface area (Å²) in [4.78, 5) is 0. The molecule has 0 aliphatic rings. The van der Waals surface area contributed by atoms with Gasteiger partial charge >= 0.3 is 0 Å². The average Bonchev–Trinajstić information content (AvgIpc) is 2.38. The summed E-state index contributed by atoms with van der Waals surface area (Å²) in [5, 5.41) is 4.21. The summed E-state index contributed by atoms with van der Waals surface area (Å²) in [6, 6.07) is 10.6. The number of rotatable bonds is 3. The fourth-order valence-corrected chi connectivity index (χ4v) is 3.82. The van der Waals surface area contributed by atoms with Crippen molar-refractivity contribution in [2.24, 2.45) is 0 Å². The van der Waals surface area contributed by atoms with Gasteiger partial charge in [0.05, 0.1) is 6.04 Å². The first kappa shape index (κ1) is 16.0. The van der Waals surface area contributed by atoms with Crippen LogP contribution in [0.5, 0.6) is 0 Å². The normalized spacial score (nSPS) is 12.5. The van der Waals surface area contributed by atoms with E-state index >= 15 is 0 Å². The third kappa shape index (κ3) is 3.28. The van der Waals surface area contributed by atoms with Crippen LogP contribution in [0.4, 0.5) is 0 Å². The van der Waals surface area contributed by atoms with Crippen LogP contribution in [0.25, 0.3) is 0 Å². The van der Waals surface area contributed by atoms with Crippen molar-refractivity contribution in [3.63, 3.8) is 0 Å². The van der Waals surface area contributed by atoms with Gasteiger partial charge in [0.2, 0.25) is 0 Å². The molecule has 0 saturated heterocycles. The number of hydrogen-bond acceptors (Lipinski definition) is 1. The Bertz CT molecular complexity index is 641. The Morgan fingerprint density at radius 2 is 1.70 bits per heavy atom. The minimum atomic E-state index is 0.133. The Morgan fingerprint density at radius 3 is 2.30 bits per heavy atom. The van der Waals surface area contributed by atoms with Gasteiger partial charge in [-0.3, -0.25) is 0 Å². The fourth-order valence-electron chi connectivity index (χ4n) is 2.33. The van der Waals surface area contributed by atoms with E-state index in [1.165, 1.54) is 16.7 Å². The van der Waals surface area contributed by atoms with Crippen molar-refractivity contribution in [1.82, 2.24) is 5.32 Å². The maximum Gasteiger partial charge on any atom is 0.0588 e. The largest absolute Gasteiger partial charge is 0.309 e. The van der Waals surface area contributed by atoms with E-state index in [0.29, 0.717) is 0 Å². The number of nitrogens with one attached hydrogen (secondary N) is 1. The van der Waals surface area contributed by atoms with E-state index in [0.717, 1.165) is 19.5 Å². The van der Waals surface area contributed by atoms with Crippen molar-refractivity contribution in [1.29, 1.82) is 0 Å². The number of hydrogen-bond donors (Lipinski definition) is 1. The molecule has 0 heterocycles.